The van der Waals surface area contributed by atoms with Gasteiger partial charge in [0.25, 0.3) is 0 Å². The molecule has 0 aromatic heterocycles. The van der Waals surface area contributed by atoms with Gasteiger partial charge in [0.05, 0.1) is 6.57 Å². The normalized spacial score (nSPS) is 9.83. The van der Waals surface area contributed by atoms with Gasteiger partial charge in [-0.1, -0.05) is 43.7 Å². The van der Waals surface area contributed by atoms with E-state index >= 15 is 0 Å². The maximum atomic E-state index is 6.85. The molecule has 0 amide bonds. The molecule has 0 bridgehead atoms. The van der Waals surface area contributed by atoms with Crippen molar-refractivity contribution >= 4 is 5.69 Å². The van der Waals surface area contributed by atoms with E-state index in [4.69, 9.17) is 6.57 Å². The predicted molar refractivity (Wildman–Crippen MR) is 51.2 cm³/mol. The fraction of sp³-hybridized carbons (Fsp3) is 0.364. The van der Waals surface area contributed by atoms with E-state index in [-0.39, 0.29) is 0 Å². The molecular formula is C11H13N. The molecule has 0 saturated heterocycles. The number of rotatable bonds is 2. The molecule has 62 valence electrons. The Labute approximate surface area is 73.9 Å². The van der Waals surface area contributed by atoms with Crippen LogP contribution in [0.25, 0.3) is 4.85 Å². The van der Waals surface area contributed by atoms with Crippen LogP contribution in [0.1, 0.15) is 19.4 Å². The molecule has 0 aliphatic rings. The molecule has 1 heteroatoms. The topological polar surface area (TPSA) is 4.36 Å². The van der Waals surface area contributed by atoms with Gasteiger partial charge in [0.15, 0.2) is 5.69 Å². The number of hydrogen-bond acceptors (Lipinski definition) is 0. The summed E-state index contributed by atoms with van der Waals surface area (Å²) in [4.78, 5) is 3.39. The van der Waals surface area contributed by atoms with Crippen LogP contribution >= 0.6 is 0 Å². The lowest BCUT2D eigenvalue weighted by molar-refractivity contribution is 0.647. The first-order valence-electron chi connectivity index (χ1n) is 4.19. The summed E-state index contributed by atoms with van der Waals surface area (Å²) in [6.07, 6.45) is 1.06. The Morgan fingerprint density at radius 2 is 2.17 bits per heavy atom. The van der Waals surface area contributed by atoms with Crippen molar-refractivity contribution in [1.29, 1.82) is 0 Å². The molecule has 0 atom stereocenters. The maximum Gasteiger partial charge on any atom is 0.187 e. The minimum atomic E-state index is 0.658. The summed E-state index contributed by atoms with van der Waals surface area (Å²) >= 11 is 0. The standard InChI is InChI=1S/C11H13N/c1-9(2)7-10-5-4-6-11(8-10)12-3/h4-6,8-9H,7H2,1-2H3. The van der Waals surface area contributed by atoms with Crippen LogP contribution in [0.3, 0.4) is 0 Å². The molecule has 1 aromatic carbocycles. The summed E-state index contributed by atoms with van der Waals surface area (Å²) in [6.45, 7) is 11.2. The highest BCUT2D eigenvalue weighted by atomic mass is 14.6. The molecule has 1 rings (SSSR count). The highest BCUT2D eigenvalue weighted by molar-refractivity contribution is 5.46. The first kappa shape index (κ1) is 8.80. The zero-order valence-electron chi connectivity index (χ0n) is 7.54. The van der Waals surface area contributed by atoms with Crippen molar-refractivity contribution in [2.45, 2.75) is 20.3 Å². The molecule has 0 saturated carbocycles. The van der Waals surface area contributed by atoms with Gasteiger partial charge in [0.1, 0.15) is 0 Å². The summed E-state index contributed by atoms with van der Waals surface area (Å²) in [7, 11) is 0. The zero-order valence-corrected chi connectivity index (χ0v) is 7.54. The van der Waals surface area contributed by atoms with Crippen molar-refractivity contribution in [2.24, 2.45) is 5.92 Å². The first-order chi connectivity index (χ1) is 5.72. The van der Waals surface area contributed by atoms with Gasteiger partial charge in [0.2, 0.25) is 0 Å². The van der Waals surface area contributed by atoms with Crippen molar-refractivity contribution in [3.05, 3.63) is 41.2 Å². The van der Waals surface area contributed by atoms with Crippen molar-refractivity contribution < 1.29 is 0 Å². The van der Waals surface area contributed by atoms with Crippen LogP contribution in [-0.4, -0.2) is 0 Å². The fourth-order valence-corrected chi connectivity index (χ4v) is 1.22. The number of hydrogen-bond donors (Lipinski definition) is 0. The monoisotopic (exact) mass is 159 g/mol. The van der Waals surface area contributed by atoms with Crippen LogP contribution in [0.5, 0.6) is 0 Å². The van der Waals surface area contributed by atoms with E-state index in [1.54, 1.807) is 0 Å². The van der Waals surface area contributed by atoms with Crippen LogP contribution < -0.4 is 0 Å². The van der Waals surface area contributed by atoms with Gasteiger partial charge in [-0.25, -0.2) is 4.85 Å². The minimum absolute atomic E-state index is 0.658. The van der Waals surface area contributed by atoms with Gasteiger partial charge in [-0.05, 0) is 12.3 Å². The highest BCUT2D eigenvalue weighted by Crippen LogP contribution is 2.16. The van der Waals surface area contributed by atoms with Gasteiger partial charge < -0.3 is 0 Å². The molecule has 0 unspecified atom stereocenters. The Kier molecular flexibility index (Phi) is 2.88. The number of nitrogens with zero attached hydrogens (tertiary/aromatic N) is 1. The summed E-state index contributed by atoms with van der Waals surface area (Å²) in [6, 6.07) is 7.84. The fourth-order valence-electron chi connectivity index (χ4n) is 1.22. The molecule has 0 fully saturated rings. The molecular weight excluding hydrogens is 146 g/mol. The highest BCUT2D eigenvalue weighted by Gasteiger charge is 1.97. The van der Waals surface area contributed by atoms with Crippen LogP contribution in [0.15, 0.2) is 24.3 Å². The van der Waals surface area contributed by atoms with Crippen LogP contribution in [0, 0.1) is 12.5 Å². The molecule has 0 radical (unpaired) electrons. The second-order valence-corrected chi connectivity index (χ2v) is 3.38. The third-order valence-electron chi connectivity index (χ3n) is 1.68. The van der Waals surface area contributed by atoms with Crippen LogP contribution in [-0.2, 0) is 6.42 Å². The van der Waals surface area contributed by atoms with E-state index in [1.165, 1.54) is 5.56 Å². The Morgan fingerprint density at radius 1 is 1.42 bits per heavy atom. The lowest BCUT2D eigenvalue weighted by Crippen LogP contribution is -1.92. The van der Waals surface area contributed by atoms with Crippen LogP contribution in [0.2, 0.25) is 0 Å². The Morgan fingerprint density at radius 3 is 2.75 bits per heavy atom. The van der Waals surface area contributed by atoms with Crippen LogP contribution in [0.4, 0.5) is 5.69 Å². The Balaban J connectivity index is 2.81. The zero-order chi connectivity index (χ0) is 8.97. The van der Waals surface area contributed by atoms with Gasteiger partial charge in [-0.3, -0.25) is 0 Å². The summed E-state index contributed by atoms with van der Waals surface area (Å²) < 4.78 is 0. The SMILES string of the molecule is [C-]#[N+]c1cccc(CC(C)C)c1. The third-order valence-corrected chi connectivity index (χ3v) is 1.68. The van der Waals surface area contributed by atoms with E-state index in [9.17, 15) is 0 Å². The van der Waals surface area contributed by atoms with Gasteiger partial charge in [0, 0.05) is 0 Å². The Bertz CT molecular complexity index is 294. The van der Waals surface area contributed by atoms with Gasteiger partial charge in [-0.15, -0.1) is 0 Å². The summed E-state index contributed by atoms with van der Waals surface area (Å²) in [5, 5.41) is 0. The van der Waals surface area contributed by atoms with Gasteiger partial charge in [-0.2, -0.15) is 0 Å². The largest absolute Gasteiger partial charge is 0.238 e. The van der Waals surface area contributed by atoms with Crippen molar-refractivity contribution in [3.8, 4) is 0 Å². The van der Waals surface area contributed by atoms with Crippen molar-refractivity contribution in [3.63, 3.8) is 0 Å². The number of benzene rings is 1. The quantitative estimate of drug-likeness (QED) is 0.582. The molecule has 0 spiro atoms. The molecule has 0 N–H and O–H groups in total. The molecule has 12 heavy (non-hydrogen) atoms. The second kappa shape index (κ2) is 3.92. The lowest BCUT2D eigenvalue weighted by Gasteiger charge is -2.04. The maximum absolute atomic E-state index is 6.85. The van der Waals surface area contributed by atoms with Crippen molar-refractivity contribution in [2.75, 3.05) is 0 Å². The van der Waals surface area contributed by atoms with E-state index < -0.39 is 0 Å². The van der Waals surface area contributed by atoms with Gasteiger partial charge >= 0.3 is 0 Å². The smallest absolute Gasteiger partial charge is 0.187 e. The summed E-state index contributed by atoms with van der Waals surface area (Å²) in [5.41, 5.74) is 2.01. The average molecular weight is 159 g/mol. The predicted octanol–water partition coefficient (Wildman–Crippen LogP) is 3.44. The Hall–Kier alpha value is -1.29. The second-order valence-electron chi connectivity index (χ2n) is 3.38. The molecule has 0 aliphatic heterocycles. The third kappa shape index (κ3) is 2.39. The van der Waals surface area contributed by atoms with E-state index in [0.717, 1.165) is 12.1 Å². The molecule has 1 aromatic rings. The molecule has 1 nitrogen and oxygen atoms in total. The van der Waals surface area contributed by atoms with E-state index in [2.05, 4.69) is 24.8 Å². The molecule has 0 heterocycles. The summed E-state index contributed by atoms with van der Waals surface area (Å²) in [5.74, 6) is 0.658. The van der Waals surface area contributed by atoms with E-state index in [0.29, 0.717) is 5.92 Å². The lowest BCUT2D eigenvalue weighted by atomic mass is 10.0. The first-order valence-corrected chi connectivity index (χ1v) is 4.19. The minimum Gasteiger partial charge on any atom is -0.238 e. The van der Waals surface area contributed by atoms with E-state index in [1.807, 2.05) is 18.2 Å². The molecule has 0 aliphatic carbocycles. The van der Waals surface area contributed by atoms with Crippen molar-refractivity contribution in [1.82, 2.24) is 0 Å². The average Bonchev–Trinajstić information content (AvgIpc) is 2.03.